The van der Waals surface area contributed by atoms with E-state index in [9.17, 15) is 4.79 Å². The third-order valence-electron chi connectivity index (χ3n) is 2.86. The molecule has 0 N–H and O–H groups in total. The standard InChI is InChI=1S/C15H9Br2NO2/c16-11-7-4-8-12(9-11)18-14(17)13(20-15(18)19)10-5-2-1-3-6-10/h1-9H. The second kappa shape index (κ2) is 5.42. The van der Waals surface area contributed by atoms with Crippen molar-refractivity contribution in [3.8, 4) is 17.0 Å². The van der Waals surface area contributed by atoms with Crippen LogP contribution in [-0.4, -0.2) is 4.57 Å². The molecule has 2 aromatic carbocycles. The van der Waals surface area contributed by atoms with E-state index in [-0.39, 0.29) is 0 Å². The van der Waals surface area contributed by atoms with Gasteiger partial charge in [-0.15, -0.1) is 0 Å². The Balaban J connectivity index is 2.20. The molecule has 0 bridgehead atoms. The molecule has 0 aliphatic heterocycles. The van der Waals surface area contributed by atoms with E-state index >= 15 is 0 Å². The predicted octanol–water partition coefficient (Wildman–Crippen LogP) is 4.62. The van der Waals surface area contributed by atoms with Crippen LogP contribution in [-0.2, 0) is 0 Å². The lowest BCUT2D eigenvalue weighted by Crippen LogP contribution is -2.11. The molecule has 5 heteroatoms. The van der Waals surface area contributed by atoms with Crippen LogP contribution >= 0.6 is 31.9 Å². The fourth-order valence-electron chi connectivity index (χ4n) is 1.96. The van der Waals surface area contributed by atoms with Crippen molar-refractivity contribution in [1.82, 2.24) is 4.57 Å². The topological polar surface area (TPSA) is 35.1 Å². The number of oxazole rings is 1. The highest BCUT2D eigenvalue weighted by atomic mass is 79.9. The van der Waals surface area contributed by atoms with E-state index in [0.29, 0.717) is 10.4 Å². The van der Waals surface area contributed by atoms with E-state index < -0.39 is 5.76 Å². The largest absolute Gasteiger partial charge is 0.425 e. The van der Waals surface area contributed by atoms with E-state index in [4.69, 9.17) is 4.42 Å². The van der Waals surface area contributed by atoms with Crippen LogP contribution in [0.4, 0.5) is 0 Å². The molecule has 0 spiro atoms. The molecule has 0 aliphatic carbocycles. The molecule has 100 valence electrons. The molecule has 0 saturated carbocycles. The molecule has 0 atom stereocenters. The lowest BCUT2D eigenvalue weighted by molar-refractivity contribution is 0.516. The second-order valence-corrected chi connectivity index (χ2v) is 5.84. The first-order valence-corrected chi connectivity index (χ1v) is 7.48. The first-order chi connectivity index (χ1) is 9.66. The Hall–Kier alpha value is -1.59. The van der Waals surface area contributed by atoms with Gasteiger partial charge in [0.2, 0.25) is 0 Å². The normalized spacial score (nSPS) is 10.7. The van der Waals surface area contributed by atoms with Crippen molar-refractivity contribution in [1.29, 1.82) is 0 Å². The molecule has 0 saturated heterocycles. The third kappa shape index (κ3) is 2.39. The highest BCUT2D eigenvalue weighted by molar-refractivity contribution is 9.10. The van der Waals surface area contributed by atoms with Gasteiger partial charge in [-0.05, 0) is 34.1 Å². The van der Waals surface area contributed by atoms with Gasteiger partial charge in [0.1, 0.15) is 4.60 Å². The van der Waals surface area contributed by atoms with Crippen LogP contribution in [0.3, 0.4) is 0 Å². The summed E-state index contributed by atoms with van der Waals surface area (Å²) in [7, 11) is 0. The molecular weight excluding hydrogens is 386 g/mol. The number of nitrogens with zero attached hydrogens (tertiary/aromatic N) is 1. The van der Waals surface area contributed by atoms with Crippen molar-refractivity contribution >= 4 is 31.9 Å². The molecule has 0 radical (unpaired) electrons. The summed E-state index contributed by atoms with van der Waals surface area (Å²) in [5.74, 6) is 0.101. The number of aromatic nitrogens is 1. The zero-order valence-corrected chi connectivity index (χ0v) is 13.4. The molecule has 0 amide bonds. The molecule has 0 aliphatic rings. The molecule has 0 fully saturated rings. The number of halogens is 2. The number of hydrogen-bond donors (Lipinski definition) is 0. The van der Waals surface area contributed by atoms with Crippen LogP contribution in [0, 0.1) is 0 Å². The third-order valence-corrected chi connectivity index (χ3v) is 4.07. The van der Waals surface area contributed by atoms with Crippen molar-refractivity contribution in [3.63, 3.8) is 0 Å². The van der Waals surface area contributed by atoms with Gasteiger partial charge in [0, 0.05) is 10.0 Å². The number of benzene rings is 2. The van der Waals surface area contributed by atoms with Gasteiger partial charge in [-0.3, -0.25) is 0 Å². The van der Waals surface area contributed by atoms with E-state index in [0.717, 1.165) is 15.7 Å². The molecule has 1 heterocycles. The highest BCUT2D eigenvalue weighted by Gasteiger charge is 2.17. The lowest BCUT2D eigenvalue weighted by Gasteiger charge is -2.03. The summed E-state index contributed by atoms with van der Waals surface area (Å²) in [4.78, 5) is 12.1. The minimum absolute atomic E-state index is 0.422. The molecule has 3 nitrogen and oxygen atoms in total. The quantitative estimate of drug-likeness (QED) is 0.635. The van der Waals surface area contributed by atoms with Crippen LogP contribution in [0.25, 0.3) is 17.0 Å². The Morgan fingerprint density at radius 2 is 1.70 bits per heavy atom. The zero-order valence-electron chi connectivity index (χ0n) is 10.2. The van der Waals surface area contributed by atoms with Gasteiger partial charge < -0.3 is 4.42 Å². The van der Waals surface area contributed by atoms with E-state index in [1.54, 1.807) is 0 Å². The summed E-state index contributed by atoms with van der Waals surface area (Å²) in [6, 6.07) is 17.0. The summed E-state index contributed by atoms with van der Waals surface area (Å²) < 4.78 is 8.37. The van der Waals surface area contributed by atoms with Crippen molar-refractivity contribution < 1.29 is 4.42 Å². The van der Waals surface area contributed by atoms with Gasteiger partial charge in [0.05, 0.1) is 5.69 Å². The van der Waals surface area contributed by atoms with Crippen molar-refractivity contribution in [2.45, 2.75) is 0 Å². The Morgan fingerprint density at radius 1 is 0.950 bits per heavy atom. The van der Waals surface area contributed by atoms with Gasteiger partial charge in [-0.25, -0.2) is 9.36 Å². The fraction of sp³-hybridized carbons (Fsp3) is 0. The SMILES string of the molecule is O=c1oc(-c2ccccc2)c(Br)n1-c1cccc(Br)c1. The maximum absolute atomic E-state index is 12.1. The number of rotatable bonds is 2. The Kier molecular flexibility index (Phi) is 3.63. The summed E-state index contributed by atoms with van der Waals surface area (Å²) in [5.41, 5.74) is 1.59. The second-order valence-electron chi connectivity index (χ2n) is 4.17. The first-order valence-electron chi connectivity index (χ1n) is 5.89. The minimum atomic E-state index is -0.422. The van der Waals surface area contributed by atoms with Crippen LogP contribution in [0.5, 0.6) is 0 Å². The Labute approximate surface area is 132 Å². The summed E-state index contributed by atoms with van der Waals surface area (Å²) >= 11 is 6.85. The zero-order chi connectivity index (χ0) is 14.1. The van der Waals surface area contributed by atoms with Gasteiger partial charge in [-0.2, -0.15) is 0 Å². The molecule has 3 rings (SSSR count). The maximum Gasteiger partial charge on any atom is 0.425 e. The van der Waals surface area contributed by atoms with E-state index in [1.807, 2.05) is 54.6 Å². The van der Waals surface area contributed by atoms with E-state index in [1.165, 1.54) is 4.57 Å². The van der Waals surface area contributed by atoms with Crippen molar-refractivity contribution in [3.05, 3.63) is 74.2 Å². The van der Waals surface area contributed by atoms with E-state index in [2.05, 4.69) is 31.9 Å². The Morgan fingerprint density at radius 3 is 2.40 bits per heavy atom. The van der Waals surface area contributed by atoms with Gasteiger partial charge in [-0.1, -0.05) is 52.3 Å². The molecule has 0 unspecified atom stereocenters. The van der Waals surface area contributed by atoms with Crippen molar-refractivity contribution in [2.24, 2.45) is 0 Å². The monoisotopic (exact) mass is 393 g/mol. The van der Waals surface area contributed by atoms with Crippen LogP contribution < -0.4 is 5.76 Å². The summed E-state index contributed by atoms with van der Waals surface area (Å²) in [6.45, 7) is 0. The minimum Gasteiger partial charge on any atom is -0.406 e. The molecule has 20 heavy (non-hydrogen) atoms. The predicted molar refractivity (Wildman–Crippen MR) is 85.1 cm³/mol. The Bertz CT molecular complexity index is 806. The van der Waals surface area contributed by atoms with Crippen LogP contribution in [0.2, 0.25) is 0 Å². The van der Waals surface area contributed by atoms with Gasteiger partial charge >= 0.3 is 5.76 Å². The summed E-state index contributed by atoms with van der Waals surface area (Å²) in [6.07, 6.45) is 0. The average Bonchev–Trinajstić information content (AvgIpc) is 2.75. The molecular formula is C15H9Br2NO2. The fourth-order valence-corrected chi connectivity index (χ4v) is 3.00. The highest BCUT2D eigenvalue weighted by Crippen LogP contribution is 2.29. The maximum atomic E-state index is 12.1. The lowest BCUT2D eigenvalue weighted by atomic mass is 10.2. The smallest absolute Gasteiger partial charge is 0.406 e. The molecule has 3 aromatic rings. The first kappa shape index (κ1) is 13.4. The number of hydrogen-bond acceptors (Lipinski definition) is 2. The average molecular weight is 395 g/mol. The summed E-state index contributed by atoms with van der Waals surface area (Å²) in [5, 5.41) is 0. The van der Waals surface area contributed by atoms with Crippen LogP contribution in [0.1, 0.15) is 0 Å². The van der Waals surface area contributed by atoms with Crippen LogP contribution in [0.15, 0.2) is 72.9 Å². The van der Waals surface area contributed by atoms with Gasteiger partial charge in [0.25, 0.3) is 0 Å². The van der Waals surface area contributed by atoms with Crippen molar-refractivity contribution in [2.75, 3.05) is 0 Å². The molecule has 1 aromatic heterocycles. The van der Waals surface area contributed by atoms with Gasteiger partial charge in [0.15, 0.2) is 5.76 Å².